The fourth-order valence-electron chi connectivity index (χ4n) is 0.806. The monoisotopic (exact) mass is 210 g/mol. The zero-order chi connectivity index (χ0) is 10.4. The van der Waals surface area contributed by atoms with Crippen molar-refractivity contribution < 1.29 is 14.6 Å². The first-order valence-electron chi connectivity index (χ1n) is 4.01. The van der Waals surface area contributed by atoms with Crippen molar-refractivity contribution in [2.24, 2.45) is 0 Å². The average molecular weight is 210 g/mol. The molecule has 1 rings (SSSR count). The highest BCUT2D eigenvalue weighted by Gasteiger charge is 1.96. The molecular weight excluding hydrogens is 200 g/mol. The second kappa shape index (κ2) is 5.43. The molecule has 0 bridgehead atoms. The van der Waals surface area contributed by atoms with E-state index in [2.05, 4.69) is 16.6 Å². The maximum atomic E-state index is 10.7. The Morgan fingerprint density at radius 1 is 1.64 bits per heavy atom. The predicted molar refractivity (Wildman–Crippen MR) is 53.8 cm³/mol. The SMILES string of the molecule is COC(=O)CC#Cc1ccc(CO)s1. The average Bonchev–Trinajstić information content (AvgIpc) is 2.65. The minimum absolute atomic E-state index is 0.0311. The Bertz CT molecular complexity index is 370. The number of thiophene rings is 1. The molecule has 1 aromatic heterocycles. The van der Waals surface area contributed by atoms with Crippen LogP contribution in [0.3, 0.4) is 0 Å². The van der Waals surface area contributed by atoms with Crippen LogP contribution in [0.2, 0.25) is 0 Å². The molecule has 0 saturated carbocycles. The van der Waals surface area contributed by atoms with Gasteiger partial charge in [-0.25, -0.2) is 0 Å². The van der Waals surface area contributed by atoms with Crippen LogP contribution in [0, 0.1) is 11.8 Å². The van der Waals surface area contributed by atoms with Crippen molar-refractivity contribution in [1.29, 1.82) is 0 Å². The van der Waals surface area contributed by atoms with Crippen molar-refractivity contribution >= 4 is 17.3 Å². The Morgan fingerprint density at radius 3 is 3.00 bits per heavy atom. The summed E-state index contributed by atoms with van der Waals surface area (Å²) in [5.41, 5.74) is 0. The summed E-state index contributed by atoms with van der Waals surface area (Å²) in [4.78, 5) is 12.4. The van der Waals surface area contributed by atoms with Crippen molar-refractivity contribution in [3.05, 3.63) is 21.9 Å². The van der Waals surface area contributed by atoms with Crippen molar-refractivity contribution in [3.8, 4) is 11.8 Å². The van der Waals surface area contributed by atoms with E-state index in [4.69, 9.17) is 5.11 Å². The molecule has 1 N–H and O–H groups in total. The van der Waals surface area contributed by atoms with Gasteiger partial charge in [0.2, 0.25) is 0 Å². The van der Waals surface area contributed by atoms with Gasteiger partial charge in [0, 0.05) is 4.88 Å². The van der Waals surface area contributed by atoms with Gasteiger partial charge in [-0.3, -0.25) is 4.79 Å². The third-order valence-corrected chi connectivity index (χ3v) is 2.47. The van der Waals surface area contributed by atoms with Gasteiger partial charge in [-0.15, -0.1) is 11.3 Å². The van der Waals surface area contributed by atoms with Crippen LogP contribution >= 0.6 is 11.3 Å². The molecule has 0 amide bonds. The maximum Gasteiger partial charge on any atom is 0.317 e. The van der Waals surface area contributed by atoms with Crippen molar-refractivity contribution in [2.75, 3.05) is 7.11 Å². The predicted octanol–water partition coefficient (Wildman–Crippen LogP) is 1.16. The van der Waals surface area contributed by atoms with E-state index >= 15 is 0 Å². The normalized spacial score (nSPS) is 9.00. The summed E-state index contributed by atoms with van der Waals surface area (Å²) in [6.07, 6.45) is 0.100. The summed E-state index contributed by atoms with van der Waals surface area (Å²) in [5.74, 6) is 5.18. The first-order chi connectivity index (χ1) is 6.76. The second-order valence-corrected chi connectivity index (χ2v) is 3.65. The van der Waals surface area contributed by atoms with Gasteiger partial charge < -0.3 is 9.84 Å². The molecule has 1 aromatic rings. The number of hydrogen-bond acceptors (Lipinski definition) is 4. The summed E-state index contributed by atoms with van der Waals surface area (Å²) < 4.78 is 4.44. The Kier molecular flexibility index (Phi) is 4.17. The van der Waals surface area contributed by atoms with Gasteiger partial charge in [0.15, 0.2) is 0 Å². The highest BCUT2D eigenvalue weighted by molar-refractivity contribution is 7.12. The van der Waals surface area contributed by atoms with E-state index in [0.717, 1.165) is 9.75 Å². The molecule has 0 saturated heterocycles. The van der Waals surface area contributed by atoms with Crippen LogP contribution in [0.5, 0.6) is 0 Å². The molecule has 0 aliphatic heterocycles. The number of esters is 1. The Morgan fingerprint density at radius 2 is 2.43 bits per heavy atom. The Labute approximate surface area is 86.3 Å². The number of ether oxygens (including phenoxy) is 1. The molecule has 14 heavy (non-hydrogen) atoms. The first kappa shape index (κ1) is 10.8. The van der Waals surface area contributed by atoms with Crippen molar-refractivity contribution in [3.63, 3.8) is 0 Å². The van der Waals surface area contributed by atoms with E-state index in [1.165, 1.54) is 18.4 Å². The number of methoxy groups -OCH3 is 1. The van der Waals surface area contributed by atoms with Crippen LogP contribution in [0.1, 0.15) is 16.2 Å². The van der Waals surface area contributed by atoms with Gasteiger partial charge in [-0.1, -0.05) is 11.8 Å². The van der Waals surface area contributed by atoms with E-state index in [1.54, 1.807) is 0 Å². The minimum atomic E-state index is -0.337. The Hall–Kier alpha value is -1.31. The van der Waals surface area contributed by atoms with Crippen LogP contribution in [0.25, 0.3) is 0 Å². The standard InChI is InChI=1S/C10H10O3S/c1-13-10(12)4-2-3-8-5-6-9(7-11)14-8/h5-6,11H,4,7H2,1H3. The van der Waals surface area contributed by atoms with Crippen LogP contribution in [0.15, 0.2) is 12.1 Å². The molecule has 0 aliphatic carbocycles. The lowest BCUT2D eigenvalue weighted by Gasteiger charge is -1.88. The first-order valence-corrected chi connectivity index (χ1v) is 4.83. The third kappa shape index (κ3) is 3.21. The Balaban J connectivity index is 2.54. The van der Waals surface area contributed by atoms with E-state index in [-0.39, 0.29) is 19.0 Å². The molecule has 0 fully saturated rings. The summed E-state index contributed by atoms with van der Waals surface area (Å²) in [7, 11) is 1.33. The van der Waals surface area contributed by atoms with Gasteiger partial charge in [0.1, 0.15) is 6.42 Å². The van der Waals surface area contributed by atoms with Gasteiger partial charge >= 0.3 is 5.97 Å². The molecule has 0 unspecified atom stereocenters. The fraction of sp³-hybridized carbons (Fsp3) is 0.300. The maximum absolute atomic E-state index is 10.7. The lowest BCUT2D eigenvalue weighted by molar-refractivity contribution is -0.139. The topological polar surface area (TPSA) is 46.5 Å². The van der Waals surface area contributed by atoms with Crippen molar-refractivity contribution in [2.45, 2.75) is 13.0 Å². The smallest absolute Gasteiger partial charge is 0.317 e. The van der Waals surface area contributed by atoms with Crippen molar-refractivity contribution in [1.82, 2.24) is 0 Å². The number of rotatable bonds is 2. The van der Waals surface area contributed by atoms with Crippen LogP contribution < -0.4 is 0 Å². The number of carbonyl (C=O) groups excluding carboxylic acids is 1. The molecule has 1 heterocycles. The summed E-state index contributed by atoms with van der Waals surface area (Å²) in [6.45, 7) is 0.0311. The van der Waals surface area contributed by atoms with E-state index in [9.17, 15) is 4.79 Å². The quantitative estimate of drug-likeness (QED) is 0.588. The number of hydrogen-bond donors (Lipinski definition) is 1. The van der Waals surface area contributed by atoms with Crippen LogP contribution in [0.4, 0.5) is 0 Å². The van der Waals surface area contributed by atoms with Gasteiger partial charge in [0.25, 0.3) is 0 Å². The lowest BCUT2D eigenvalue weighted by Crippen LogP contribution is -1.96. The molecule has 0 aliphatic rings. The van der Waals surface area contributed by atoms with E-state index in [0.29, 0.717) is 0 Å². The molecule has 0 atom stereocenters. The number of aliphatic hydroxyl groups excluding tert-OH is 1. The summed E-state index contributed by atoms with van der Waals surface area (Å²) >= 11 is 1.42. The van der Waals surface area contributed by atoms with E-state index < -0.39 is 0 Å². The van der Waals surface area contributed by atoms with E-state index in [1.807, 2.05) is 12.1 Å². The second-order valence-electron chi connectivity index (χ2n) is 2.48. The van der Waals surface area contributed by atoms with Gasteiger partial charge in [-0.05, 0) is 12.1 Å². The molecule has 74 valence electrons. The molecule has 0 radical (unpaired) electrons. The third-order valence-electron chi connectivity index (χ3n) is 1.49. The summed E-state index contributed by atoms with van der Waals surface area (Å²) in [5, 5.41) is 8.79. The van der Waals surface area contributed by atoms with Gasteiger partial charge in [-0.2, -0.15) is 0 Å². The number of aliphatic hydroxyl groups is 1. The molecule has 0 aromatic carbocycles. The minimum Gasteiger partial charge on any atom is -0.468 e. The fourth-order valence-corrected chi connectivity index (χ4v) is 1.55. The molecule has 3 nitrogen and oxygen atoms in total. The highest BCUT2D eigenvalue weighted by atomic mass is 32.1. The number of carbonyl (C=O) groups is 1. The zero-order valence-electron chi connectivity index (χ0n) is 7.74. The zero-order valence-corrected chi connectivity index (χ0v) is 8.56. The molecule has 0 spiro atoms. The van der Waals surface area contributed by atoms with Crippen LogP contribution in [-0.4, -0.2) is 18.2 Å². The lowest BCUT2D eigenvalue weighted by atomic mass is 10.4. The highest BCUT2D eigenvalue weighted by Crippen LogP contribution is 2.14. The van der Waals surface area contributed by atoms with Gasteiger partial charge in [0.05, 0.1) is 18.6 Å². The molecule has 4 heteroatoms. The van der Waals surface area contributed by atoms with Crippen LogP contribution in [-0.2, 0) is 16.1 Å². The largest absolute Gasteiger partial charge is 0.468 e. The molecular formula is C10H10O3S. The summed E-state index contributed by atoms with van der Waals surface area (Å²) in [6, 6.07) is 3.63.